The van der Waals surface area contributed by atoms with Crippen LogP contribution >= 0.6 is 11.5 Å². The molecule has 1 unspecified atom stereocenters. The van der Waals surface area contributed by atoms with Gasteiger partial charge < -0.3 is 14.4 Å². The first-order valence-corrected chi connectivity index (χ1v) is 16.3. The largest absolute Gasteiger partial charge is 0.487 e. The van der Waals surface area contributed by atoms with Gasteiger partial charge in [-0.05, 0) is 82.6 Å². The smallest absolute Gasteiger partial charge is 0.410 e. The maximum atomic E-state index is 13.9. The van der Waals surface area contributed by atoms with Crippen molar-refractivity contribution in [3.8, 4) is 5.75 Å². The number of fused-ring (bicyclic) bond motifs is 1. The number of likely N-dealkylation sites (tertiary alicyclic amines) is 1. The van der Waals surface area contributed by atoms with Gasteiger partial charge in [0.1, 0.15) is 30.0 Å². The van der Waals surface area contributed by atoms with Crippen molar-refractivity contribution in [1.29, 1.82) is 0 Å². The lowest BCUT2D eigenvalue weighted by atomic mass is 9.75. The molecule has 0 saturated carbocycles. The molecule has 5 rings (SSSR count). The van der Waals surface area contributed by atoms with Crippen LogP contribution in [0.5, 0.6) is 5.75 Å². The molecule has 0 radical (unpaired) electrons. The molecule has 9 nitrogen and oxygen atoms in total. The van der Waals surface area contributed by atoms with E-state index in [1.165, 1.54) is 6.33 Å². The number of alkyl halides is 1. The molecular weight excluding hydrogens is 579 g/mol. The van der Waals surface area contributed by atoms with Crippen LogP contribution in [0.15, 0.2) is 47.6 Å². The van der Waals surface area contributed by atoms with E-state index < -0.39 is 27.9 Å². The molecule has 3 heterocycles. The Hall–Kier alpha value is -3.25. The first kappa shape index (κ1) is 30.2. The monoisotopic (exact) mass is 616 g/mol. The number of hydrogen-bond acceptors (Lipinski definition) is 8. The number of rotatable bonds is 6. The minimum atomic E-state index is -3.90. The number of sulfonamides is 1. The van der Waals surface area contributed by atoms with Crippen LogP contribution in [0.25, 0.3) is 0 Å². The van der Waals surface area contributed by atoms with Crippen LogP contribution in [0.1, 0.15) is 88.0 Å². The lowest BCUT2D eigenvalue weighted by Gasteiger charge is -2.40. The van der Waals surface area contributed by atoms with Crippen LogP contribution in [0.4, 0.5) is 14.3 Å². The highest BCUT2D eigenvalue weighted by atomic mass is 32.2. The van der Waals surface area contributed by atoms with Gasteiger partial charge in [-0.3, -0.25) is 4.72 Å². The first-order chi connectivity index (χ1) is 19.7. The van der Waals surface area contributed by atoms with E-state index in [0.717, 1.165) is 41.1 Å². The second kappa shape index (κ2) is 11.4. The van der Waals surface area contributed by atoms with Crippen LogP contribution in [0, 0.1) is 0 Å². The fourth-order valence-electron chi connectivity index (χ4n) is 5.75. The third kappa shape index (κ3) is 6.70. The summed E-state index contributed by atoms with van der Waals surface area (Å²) in [6.07, 6.45) is 3.10. The summed E-state index contributed by atoms with van der Waals surface area (Å²) in [5.41, 5.74) is 2.49. The number of ether oxygens (including phenoxy) is 2. The van der Waals surface area contributed by atoms with Crippen LogP contribution < -0.4 is 9.46 Å². The summed E-state index contributed by atoms with van der Waals surface area (Å²) in [7, 11) is -3.90. The van der Waals surface area contributed by atoms with Gasteiger partial charge in [0.15, 0.2) is 0 Å². The summed E-state index contributed by atoms with van der Waals surface area (Å²) in [6, 6.07) is 10.7. The van der Waals surface area contributed by atoms with Gasteiger partial charge in [-0.15, -0.1) is 0 Å². The number of amides is 1. The van der Waals surface area contributed by atoms with E-state index in [1.807, 2.05) is 58.9 Å². The Morgan fingerprint density at radius 3 is 2.50 bits per heavy atom. The number of aromatic nitrogens is 2. The number of hydrogen-bond donors (Lipinski definition) is 1. The van der Waals surface area contributed by atoms with E-state index in [9.17, 15) is 17.6 Å². The van der Waals surface area contributed by atoms with Gasteiger partial charge in [0.05, 0.1) is 4.90 Å². The van der Waals surface area contributed by atoms with Crippen molar-refractivity contribution in [2.24, 2.45) is 0 Å². The fourth-order valence-corrected chi connectivity index (χ4v) is 7.42. The molecule has 1 fully saturated rings. The van der Waals surface area contributed by atoms with Crippen LogP contribution in [0.2, 0.25) is 0 Å². The van der Waals surface area contributed by atoms with Crippen molar-refractivity contribution in [3.05, 3.63) is 65.0 Å². The van der Waals surface area contributed by atoms with Crippen molar-refractivity contribution in [1.82, 2.24) is 14.3 Å². The molecule has 0 aliphatic carbocycles. The van der Waals surface area contributed by atoms with Gasteiger partial charge in [0.25, 0.3) is 10.0 Å². The summed E-state index contributed by atoms with van der Waals surface area (Å²) >= 11 is 0.955. The fraction of sp³-hybridized carbons (Fsp3) is 0.500. The average molecular weight is 617 g/mol. The Morgan fingerprint density at radius 2 is 1.86 bits per heavy atom. The maximum Gasteiger partial charge on any atom is 0.410 e. The predicted octanol–water partition coefficient (Wildman–Crippen LogP) is 6.62. The zero-order valence-corrected chi connectivity index (χ0v) is 26.1. The van der Waals surface area contributed by atoms with Crippen molar-refractivity contribution < 1.29 is 27.1 Å². The van der Waals surface area contributed by atoms with E-state index in [1.54, 1.807) is 17.0 Å². The lowest BCUT2D eigenvalue weighted by molar-refractivity contribution is 0.0204. The summed E-state index contributed by atoms with van der Waals surface area (Å²) in [5.74, 6) is 0.538. The number of nitrogens with zero attached hydrogens (tertiary/aromatic N) is 3. The second-order valence-corrected chi connectivity index (χ2v) is 15.0. The zero-order chi connectivity index (χ0) is 30.3. The molecular formula is C30H37FN4O5S2. The molecule has 3 aromatic rings. The zero-order valence-electron chi connectivity index (χ0n) is 24.5. The average Bonchev–Trinajstić information content (AvgIpc) is 3.43. The normalized spacial score (nSPS) is 19.1. The molecule has 226 valence electrons. The maximum absolute atomic E-state index is 13.9. The molecule has 1 saturated heterocycles. The molecule has 12 heteroatoms. The number of nitrogens with one attached hydrogen (secondary N) is 1. The highest BCUT2D eigenvalue weighted by Crippen LogP contribution is 2.48. The number of benzene rings is 2. The van der Waals surface area contributed by atoms with Crippen LogP contribution in [-0.4, -0.2) is 53.1 Å². The highest BCUT2D eigenvalue weighted by molar-refractivity contribution is 7.93. The standard InChI is InChI=1S/C30H37FN4O5S2/c1-29(2,3)40-28(36)35-12-10-20(11-13-35)24-14-19(17-31)6-8-22(24)25-16-30(4,5)39-26-15-21(7-9-23(25)26)42(37,38)34-27-32-18-33-41-27/h6-9,14-15,18,20,25H,10-13,16-17H2,1-5H3,(H,32,33,34). The van der Waals surface area contributed by atoms with E-state index in [4.69, 9.17) is 9.47 Å². The number of halogens is 1. The number of piperidine rings is 1. The molecule has 1 amide bonds. The quantitative estimate of drug-likeness (QED) is 0.332. The van der Waals surface area contributed by atoms with Crippen LogP contribution in [-0.2, 0) is 21.4 Å². The molecule has 2 aromatic carbocycles. The molecule has 2 aliphatic rings. The molecule has 2 aliphatic heterocycles. The molecule has 1 aromatic heterocycles. The van der Waals surface area contributed by atoms with E-state index in [-0.39, 0.29) is 28.0 Å². The Kier molecular flexibility index (Phi) is 8.23. The third-order valence-electron chi connectivity index (χ3n) is 7.60. The molecule has 1 N–H and O–H groups in total. The highest BCUT2D eigenvalue weighted by Gasteiger charge is 2.38. The minimum Gasteiger partial charge on any atom is -0.487 e. The van der Waals surface area contributed by atoms with Gasteiger partial charge >= 0.3 is 6.09 Å². The Morgan fingerprint density at radius 1 is 1.14 bits per heavy atom. The topological polar surface area (TPSA) is 111 Å². The van der Waals surface area contributed by atoms with Crippen molar-refractivity contribution in [2.45, 2.75) is 88.5 Å². The van der Waals surface area contributed by atoms with Crippen LogP contribution in [0.3, 0.4) is 0 Å². The Balaban J connectivity index is 1.46. The molecule has 0 spiro atoms. The summed E-state index contributed by atoms with van der Waals surface area (Å²) < 4.78 is 58.2. The lowest BCUT2D eigenvalue weighted by Crippen LogP contribution is -2.41. The first-order valence-electron chi connectivity index (χ1n) is 14.0. The van der Waals surface area contributed by atoms with Crippen molar-refractivity contribution >= 4 is 32.8 Å². The summed E-state index contributed by atoms with van der Waals surface area (Å²) in [6.45, 7) is 10.1. The number of carbonyl (C=O) groups is 1. The Labute approximate surface area is 250 Å². The minimum absolute atomic E-state index is 0.0652. The van der Waals surface area contributed by atoms with Gasteiger partial charge in [-0.2, -0.15) is 4.37 Å². The van der Waals surface area contributed by atoms with Gasteiger partial charge in [0.2, 0.25) is 5.13 Å². The summed E-state index contributed by atoms with van der Waals surface area (Å²) in [5, 5.41) is 0.183. The molecule has 42 heavy (non-hydrogen) atoms. The third-order valence-corrected chi connectivity index (χ3v) is 9.65. The van der Waals surface area contributed by atoms with E-state index in [0.29, 0.717) is 30.8 Å². The second-order valence-electron chi connectivity index (χ2n) is 12.5. The predicted molar refractivity (Wildman–Crippen MR) is 159 cm³/mol. The van der Waals surface area contributed by atoms with Crippen molar-refractivity contribution in [3.63, 3.8) is 0 Å². The van der Waals surface area contributed by atoms with Crippen molar-refractivity contribution in [2.75, 3.05) is 17.8 Å². The van der Waals surface area contributed by atoms with Gasteiger partial charge in [-0.1, -0.05) is 24.3 Å². The van der Waals surface area contributed by atoms with Gasteiger partial charge in [0, 0.05) is 42.2 Å². The Bertz CT molecular complexity index is 1550. The van der Waals surface area contributed by atoms with E-state index in [2.05, 4.69) is 14.1 Å². The van der Waals surface area contributed by atoms with E-state index >= 15 is 0 Å². The van der Waals surface area contributed by atoms with Gasteiger partial charge in [-0.25, -0.2) is 22.6 Å². The summed E-state index contributed by atoms with van der Waals surface area (Å²) in [4.78, 5) is 18.4. The SMILES string of the molecule is CC(C)(C)OC(=O)N1CCC(c2cc(CF)ccc2C2CC(C)(C)Oc3cc(S(=O)(=O)Nc4ncns4)ccc32)CC1. The molecule has 1 atom stereocenters. The molecule has 0 bridgehead atoms. The number of anilines is 1. The number of carbonyl (C=O) groups excluding carboxylic acids is 1.